The average Bonchev–Trinajstić information content (AvgIpc) is 3.13. The van der Waals surface area contributed by atoms with E-state index in [4.69, 9.17) is 9.47 Å². The van der Waals surface area contributed by atoms with Crippen molar-refractivity contribution in [3.8, 4) is 11.5 Å². The first-order chi connectivity index (χ1) is 14.4. The summed E-state index contributed by atoms with van der Waals surface area (Å²) in [5.41, 5.74) is 0.931. The van der Waals surface area contributed by atoms with Crippen molar-refractivity contribution in [3.63, 3.8) is 0 Å². The molecule has 4 aliphatic carbocycles. The quantitative estimate of drug-likeness (QED) is 0.776. The second-order valence-corrected chi connectivity index (χ2v) is 9.92. The first kappa shape index (κ1) is 19.7. The Morgan fingerprint density at radius 3 is 2.40 bits per heavy atom. The normalized spacial score (nSPS) is 31.6. The number of imide groups is 1. The zero-order chi connectivity index (χ0) is 20.9. The van der Waals surface area contributed by atoms with Gasteiger partial charge in [-0.2, -0.15) is 0 Å². The first-order valence-corrected chi connectivity index (χ1v) is 11.1. The van der Waals surface area contributed by atoms with Gasteiger partial charge in [0, 0.05) is 12.1 Å². The molecule has 0 saturated heterocycles. The summed E-state index contributed by atoms with van der Waals surface area (Å²) in [5.74, 6) is 3.44. The summed E-state index contributed by atoms with van der Waals surface area (Å²) >= 11 is 0. The average molecular weight is 414 g/mol. The van der Waals surface area contributed by atoms with Crippen LogP contribution in [0.5, 0.6) is 11.5 Å². The van der Waals surface area contributed by atoms with Gasteiger partial charge in [0.2, 0.25) is 12.7 Å². The molecule has 1 aromatic rings. The third-order valence-electron chi connectivity index (χ3n) is 7.56. The van der Waals surface area contributed by atoms with Gasteiger partial charge in [0.05, 0.1) is 6.04 Å². The second kappa shape index (κ2) is 7.45. The molecule has 2 N–H and O–H groups in total. The third-order valence-corrected chi connectivity index (χ3v) is 7.56. The molecule has 4 saturated carbocycles. The van der Waals surface area contributed by atoms with Crippen LogP contribution in [0.2, 0.25) is 0 Å². The highest BCUT2D eigenvalue weighted by Gasteiger charge is 2.51. The summed E-state index contributed by atoms with van der Waals surface area (Å²) < 4.78 is 10.8. The Labute approximate surface area is 177 Å². The number of fused-ring (bicyclic) bond motifs is 1. The molecular weight excluding hydrogens is 382 g/mol. The van der Waals surface area contributed by atoms with Crippen LogP contribution in [0.4, 0.5) is 4.79 Å². The van der Waals surface area contributed by atoms with Crippen molar-refractivity contribution >= 4 is 11.9 Å². The Morgan fingerprint density at radius 2 is 1.73 bits per heavy atom. The molecule has 0 aromatic heterocycles. The van der Waals surface area contributed by atoms with Crippen LogP contribution in [0.25, 0.3) is 0 Å². The number of ether oxygens (including phenoxy) is 2. The molecule has 1 heterocycles. The molecule has 0 unspecified atom stereocenters. The molecule has 1 atom stereocenters. The first-order valence-electron chi connectivity index (χ1n) is 11.1. The fourth-order valence-corrected chi connectivity index (χ4v) is 6.42. The molecule has 0 spiro atoms. The molecule has 7 heteroatoms. The Bertz CT molecular complexity index is 820. The molecule has 0 radical (unpaired) electrons. The van der Waals surface area contributed by atoms with Gasteiger partial charge in [-0.1, -0.05) is 6.07 Å². The monoisotopic (exact) mass is 413 g/mol. The number of benzene rings is 1. The van der Waals surface area contributed by atoms with Gasteiger partial charge in [-0.25, -0.2) is 4.79 Å². The number of hydrogen-bond acceptors (Lipinski definition) is 5. The van der Waals surface area contributed by atoms with E-state index in [1.54, 1.807) is 0 Å². The summed E-state index contributed by atoms with van der Waals surface area (Å²) in [7, 11) is 1.88. The zero-order valence-electron chi connectivity index (χ0n) is 17.8. The highest BCUT2D eigenvalue weighted by molar-refractivity contribution is 5.97. The van der Waals surface area contributed by atoms with Crippen LogP contribution >= 0.6 is 0 Å². The van der Waals surface area contributed by atoms with E-state index in [1.165, 1.54) is 19.3 Å². The van der Waals surface area contributed by atoms with Crippen molar-refractivity contribution in [2.24, 2.45) is 17.8 Å². The Balaban J connectivity index is 1.15. The van der Waals surface area contributed by atoms with E-state index in [0.717, 1.165) is 54.1 Å². The van der Waals surface area contributed by atoms with Crippen LogP contribution in [0, 0.1) is 17.8 Å². The van der Waals surface area contributed by atoms with E-state index in [9.17, 15) is 9.59 Å². The van der Waals surface area contributed by atoms with E-state index in [0.29, 0.717) is 6.54 Å². The third kappa shape index (κ3) is 3.75. The van der Waals surface area contributed by atoms with Gasteiger partial charge in [-0.3, -0.25) is 15.0 Å². The minimum atomic E-state index is -0.433. The summed E-state index contributed by atoms with van der Waals surface area (Å²) in [6, 6.07) is 5.01. The van der Waals surface area contributed by atoms with Gasteiger partial charge in [0.15, 0.2) is 11.5 Å². The van der Waals surface area contributed by atoms with Crippen LogP contribution < -0.4 is 20.1 Å². The Kier molecular flexibility index (Phi) is 4.88. The van der Waals surface area contributed by atoms with E-state index in [2.05, 4.69) is 10.6 Å². The lowest BCUT2D eigenvalue weighted by molar-refractivity contribution is -0.124. The minimum Gasteiger partial charge on any atom is -0.454 e. The van der Waals surface area contributed by atoms with Gasteiger partial charge >= 0.3 is 6.03 Å². The SMILES string of the molecule is C[C@@H](C(=O)NC(=O)NC12CC3CC(CC(C3)C1)C2)N(C)Cc1ccc2c(c1)OCO2. The summed E-state index contributed by atoms with van der Waals surface area (Å²) in [6.45, 7) is 2.63. The van der Waals surface area contributed by atoms with Gasteiger partial charge in [0.25, 0.3) is 0 Å². The van der Waals surface area contributed by atoms with Gasteiger partial charge in [0.1, 0.15) is 0 Å². The number of urea groups is 1. The molecule has 162 valence electrons. The number of nitrogens with zero attached hydrogens (tertiary/aromatic N) is 1. The maximum absolute atomic E-state index is 12.7. The van der Waals surface area contributed by atoms with E-state index in [1.807, 2.05) is 37.1 Å². The number of likely N-dealkylation sites (N-methyl/N-ethyl adjacent to an activating group) is 1. The summed E-state index contributed by atoms with van der Waals surface area (Å²) in [5, 5.41) is 5.80. The van der Waals surface area contributed by atoms with Crippen LogP contribution in [-0.4, -0.2) is 42.3 Å². The van der Waals surface area contributed by atoms with E-state index in [-0.39, 0.29) is 24.3 Å². The highest BCUT2D eigenvalue weighted by Crippen LogP contribution is 2.55. The van der Waals surface area contributed by atoms with Crippen molar-refractivity contribution in [2.45, 2.75) is 63.6 Å². The van der Waals surface area contributed by atoms with Gasteiger partial charge in [-0.05, 0) is 87.9 Å². The highest BCUT2D eigenvalue weighted by atomic mass is 16.7. The van der Waals surface area contributed by atoms with Crippen molar-refractivity contribution in [1.29, 1.82) is 0 Å². The lowest BCUT2D eigenvalue weighted by atomic mass is 9.53. The molecule has 30 heavy (non-hydrogen) atoms. The molecule has 6 rings (SSSR count). The maximum atomic E-state index is 12.7. The molecule has 4 bridgehead atoms. The number of amides is 3. The molecule has 4 fully saturated rings. The van der Waals surface area contributed by atoms with Crippen molar-refractivity contribution in [3.05, 3.63) is 23.8 Å². The summed E-state index contributed by atoms with van der Waals surface area (Å²) in [6.07, 6.45) is 7.18. The minimum absolute atomic E-state index is 0.0965. The lowest BCUT2D eigenvalue weighted by Gasteiger charge is -2.56. The van der Waals surface area contributed by atoms with Crippen LogP contribution in [0.3, 0.4) is 0 Å². The zero-order valence-corrected chi connectivity index (χ0v) is 17.8. The van der Waals surface area contributed by atoms with E-state index < -0.39 is 6.04 Å². The molecule has 5 aliphatic rings. The van der Waals surface area contributed by atoms with E-state index >= 15 is 0 Å². The number of carbonyl (C=O) groups is 2. The largest absolute Gasteiger partial charge is 0.454 e. The van der Waals surface area contributed by atoms with Crippen LogP contribution in [0.1, 0.15) is 51.0 Å². The molecule has 1 aromatic carbocycles. The topological polar surface area (TPSA) is 79.9 Å². The molecule has 7 nitrogen and oxygen atoms in total. The number of hydrogen-bond donors (Lipinski definition) is 2. The maximum Gasteiger partial charge on any atom is 0.321 e. The van der Waals surface area contributed by atoms with Crippen LogP contribution in [-0.2, 0) is 11.3 Å². The molecule has 3 amide bonds. The van der Waals surface area contributed by atoms with Crippen molar-refractivity contribution in [2.75, 3.05) is 13.8 Å². The van der Waals surface area contributed by atoms with Gasteiger partial charge < -0.3 is 14.8 Å². The number of carbonyl (C=O) groups excluding carboxylic acids is 2. The van der Waals surface area contributed by atoms with Crippen LogP contribution in [0.15, 0.2) is 18.2 Å². The predicted octanol–water partition coefficient (Wildman–Crippen LogP) is 3.03. The standard InChI is InChI=1S/C23H31N3O4/c1-14(26(2)12-15-3-4-19-20(8-15)30-13-29-19)21(27)24-22(28)25-23-9-16-5-17(10-23)7-18(6-16)11-23/h3-4,8,14,16-18H,5-7,9-13H2,1-2H3,(H2,24,25,27,28)/t14-,16?,17?,18?,23?/m0/s1. The Morgan fingerprint density at radius 1 is 1.10 bits per heavy atom. The Hall–Kier alpha value is -2.28. The lowest BCUT2D eigenvalue weighted by Crippen LogP contribution is -2.62. The predicted molar refractivity (Wildman–Crippen MR) is 111 cm³/mol. The fourth-order valence-electron chi connectivity index (χ4n) is 6.42. The summed E-state index contributed by atoms with van der Waals surface area (Å²) in [4.78, 5) is 27.3. The number of rotatable bonds is 5. The van der Waals surface area contributed by atoms with Crippen molar-refractivity contribution < 1.29 is 19.1 Å². The smallest absolute Gasteiger partial charge is 0.321 e. The second-order valence-electron chi connectivity index (χ2n) is 9.92. The van der Waals surface area contributed by atoms with Gasteiger partial charge in [-0.15, -0.1) is 0 Å². The molecular formula is C23H31N3O4. The number of nitrogens with one attached hydrogen (secondary N) is 2. The van der Waals surface area contributed by atoms with Crippen molar-refractivity contribution in [1.82, 2.24) is 15.5 Å². The fraction of sp³-hybridized carbons (Fsp3) is 0.652. The molecule has 1 aliphatic heterocycles.